The second-order valence-electron chi connectivity index (χ2n) is 15.2. The standard InChI is InChI=1S/C38H54FN5O7/c1-37(2,3)27-21-25(15-18-31(27)45)23-28-33(47)40-19-9-12-32(46)43(7)20-10-11-30(34(48)41-28)44(8)35(49)29(42-36(50)51-38(4,5)6)22-24-13-16-26(39)17-14-24/h13-18,21,28-30,45H,9-12,19-20,22-23H2,1-8H3,(H,40,47)(H,41,48)(H,42,50)/t28?,29-,30-/m0/s1. The van der Waals surface area contributed by atoms with Crippen molar-refractivity contribution >= 4 is 29.7 Å². The van der Waals surface area contributed by atoms with Gasteiger partial charge in [-0.3, -0.25) is 19.2 Å². The highest BCUT2D eigenvalue weighted by molar-refractivity contribution is 5.94. The van der Waals surface area contributed by atoms with E-state index in [9.17, 15) is 33.5 Å². The fourth-order valence-corrected chi connectivity index (χ4v) is 5.84. The van der Waals surface area contributed by atoms with Crippen molar-refractivity contribution in [2.24, 2.45) is 0 Å². The highest BCUT2D eigenvalue weighted by Gasteiger charge is 2.35. The second kappa shape index (κ2) is 17.5. The molecule has 2 aromatic rings. The highest BCUT2D eigenvalue weighted by atomic mass is 19.1. The zero-order valence-electron chi connectivity index (χ0n) is 31.1. The van der Waals surface area contributed by atoms with E-state index in [1.165, 1.54) is 36.2 Å². The van der Waals surface area contributed by atoms with Crippen LogP contribution in [0.1, 0.15) is 83.9 Å². The van der Waals surface area contributed by atoms with Crippen molar-refractivity contribution in [1.82, 2.24) is 25.8 Å². The smallest absolute Gasteiger partial charge is 0.408 e. The summed E-state index contributed by atoms with van der Waals surface area (Å²) in [6, 6.07) is 7.25. The number of nitrogens with one attached hydrogen (secondary N) is 3. The maximum Gasteiger partial charge on any atom is 0.408 e. The van der Waals surface area contributed by atoms with Crippen molar-refractivity contribution in [3.63, 3.8) is 0 Å². The quantitative estimate of drug-likeness (QED) is 0.339. The molecular formula is C38H54FN5O7. The first-order chi connectivity index (χ1) is 23.7. The van der Waals surface area contributed by atoms with Gasteiger partial charge in [-0.2, -0.15) is 0 Å². The molecule has 1 aliphatic heterocycles. The fraction of sp³-hybridized carbons (Fsp3) is 0.553. The summed E-state index contributed by atoms with van der Waals surface area (Å²) < 4.78 is 19.1. The van der Waals surface area contributed by atoms with Crippen LogP contribution >= 0.6 is 0 Å². The van der Waals surface area contributed by atoms with Crippen molar-refractivity contribution in [3.8, 4) is 5.75 Å². The number of aromatic hydroxyl groups is 1. The molecule has 0 spiro atoms. The topological polar surface area (TPSA) is 157 Å². The van der Waals surface area contributed by atoms with Crippen LogP contribution in [0.2, 0.25) is 0 Å². The van der Waals surface area contributed by atoms with Crippen LogP contribution < -0.4 is 16.0 Å². The predicted molar refractivity (Wildman–Crippen MR) is 191 cm³/mol. The number of hydrogen-bond acceptors (Lipinski definition) is 7. The lowest BCUT2D eigenvalue weighted by Crippen LogP contribution is -2.58. The normalized spacial score (nSPS) is 18.9. The van der Waals surface area contributed by atoms with Crippen molar-refractivity contribution in [1.29, 1.82) is 0 Å². The Hall–Kier alpha value is -4.68. The van der Waals surface area contributed by atoms with Gasteiger partial charge in [-0.05, 0) is 80.3 Å². The molecule has 51 heavy (non-hydrogen) atoms. The number of halogens is 1. The Kier molecular flexibility index (Phi) is 14.0. The molecular weight excluding hydrogens is 657 g/mol. The lowest BCUT2D eigenvalue weighted by molar-refractivity contribution is -0.142. The number of alkyl carbamates (subject to hydrolysis) is 1. The summed E-state index contributed by atoms with van der Waals surface area (Å²) in [7, 11) is 3.11. The van der Waals surface area contributed by atoms with Crippen LogP contribution in [-0.2, 0) is 42.2 Å². The zero-order valence-corrected chi connectivity index (χ0v) is 31.1. The third-order valence-corrected chi connectivity index (χ3v) is 8.67. The Labute approximate surface area is 300 Å². The summed E-state index contributed by atoms with van der Waals surface area (Å²) in [6.45, 7) is 11.5. The Bertz CT molecular complexity index is 1550. The van der Waals surface area contributed by atoms with E-state index in [1.54, 1.807) is 44.9 Å². The number of ether oxygens (including phenoxy) is 1. The van der Waals surface area contributed by atoms with E-state index in [0.717, 1.165) is 0 Å². The van der Waals surface area contributed by atoms with Crippen molar-refractivity contribution in [2.75, 3.05) is 27.2 Å². The van der Waals surface area contributed by atoms with Gasteiger partial charge in [-0.15, -0.1) is 0 Å². The van der Waals surface area contributed by atoms with Gasteiger partial charge in [0.2, 0.25) is 23.6 Å². The van der Waals surface area contributed by atoms with Crippen LogP contribution in [0.25, 0.3) is 0 Å². The first kappa shape index (κ1) is 40.7. The van der Waals surface area contributed by atoms with E-state index in [-0.39, 0.29) is 49.3 Å². The molecule has 1 unspecified atom stereocenters. The zero-order chi connectivity index (χ0) is 38.1. The summed E-state index contributed by atoms with van der Waals surface area (Å²) in [5.74, 6) is -2.10. The van der Waals surface area contributed by atoms with Gasteiger partial charge in [-0.25, -0.2) is 9.18 Å². The van der Waals surface area contributed by atoms with E-state index in [0.29, 0.717) is 36.1 Å². The molecule has 2 aromatic carbocycles. The number of nitrogens with zero attached hydrogens (tertiary/aromatic N) is 2. The highest BCUT2D eigenvalue weighted by Crippen LogP contribution is 2.31. The Morgan fingerprint density at radius 1 is 1.02 bits per heavy atom. The molecule has 3 rings (SSSR count). The molecule has 0 aliphatic carbocycles. The molecule has 1 saturated heterocycles. The summed E-state index contributed by atoms with van der Waals surface area (Å²) in [5, 5.41) is 18.8. The molecule has 13 heteroatoms. The number of phenolic OH excluding ortho intramolecular Hbond substituents is 1. The molecule has 0 bridgehead atoms. The van der Waals surface area contributed by atoms with Gasteiger partial charge in [0.25, 0.3) is 0 Å². The van der Waals surface area contributed by atoms with E-state index in [2.05, 4.69) is 16.0 Å². The summed E-state index contributed by atoms with van der Waals surface area (Å²) in [4.78, 5) is 70.4. The minimum absolute atomic E-state index is 0.0176. The van der Waals surface area contributed by atoms with Crippen molar-refractivity contribution in [3.05, 3.63) is 65.0 Å². The van der Waals surface area contributed by atoms with Gasteiger partial charge in [0.15, 0.2) is 0 Å². The number of carbonyl (C=O) groups excluding carboxylic acids is 5. The van der Waals surface area contributed by atoms with Crippen LogP contribution in [0, 0.1) is 5.82 Å². The third kappa shape index (κ3) is 12.6. The van der Waals surface area contributed by atoms with E-state index in [1.807, 2.05) is 26.8 Å². The Morgan fingerprint density at radius 2 is 1.67 bits per heavy atom. The summed E-state index contributed by atoms with van der Waals surface area (Å²) >= 11 is 0. The van der Waals surface area contributed by atoms with Crippen LogP contribution in [0.5, 0.6) is 5.75 Å². The largest absolute Gasteiger partial charge is 0.508 e. The molecule has 0 saturated carbocycles. The van der Waals surface area contributed by atoms with Gasteiger partial charge in [-0.1, -0.05) is 45.0 Å². The third-order valence-electron chi connectivity index (χ3n) is 8.67. The number of rotatable bonds is 7. The first-order valence-electron chi connectivity index (χ1n) is 17.4. The monoisotopic (exact) mass is 711 g/mol. The predicted octanol–water partition coefficient (Wildman–Crippen LogP) is 3.97. The minimum Gasteiger partial charge on any atom is -0.508 e. The van der Waals surface area contributed by atoms with Crippen LogP contribution in [0.3, 0.4) is 0 Å². The summed E-state index contributed by atoms with van der Waals surface area (Å²) in [5.41, 5.74) is 0.714. The molecule has 1 fully saturated rings. The van der Waals surface area contributed by atoms with Gasteiger partial charge in [0, 0.05) is 46.4 Å². The molecule has 5 amide bonds. The number of hydrogen-bond donors (Lipinski definition) is 4. The van der Waals surface area contributed by atoms with Crippen LogP contribution in [0.15, 0.2) is 42.5 Å². The fourth-order valence-electron chi connectivity index (χ4n) is 5.84. The number of phenols is 1. The van der Waals surface area contributed by atoms with Gasteiger partial charge >= 0.3 is 6.09 Å². The molecule has 280 valence electrons. The van der Waals surface area contributed by atoms with Crippen LogP contribution in [-0.4, -0.2) is 95.5 Å². The van der Waals surface area contributed by atoms with Crippen LogP contribution in [0.4, 0.5) is 9.18 Å². The molecule has 3 atom stereocenters. The lowest BCUT2D eigenvalue weighted by atomic mass is 9.84. The molecule has 0 radical (unpaired) electrons. The van der Waals surface area contributed by atoms with Crippen molar-refractivity contribution < 1.29 is 38.2 Å². The number of likely N-dealkylation sites (N-methyl/N-ethyl adjacent to an activating group) is 1. The molecule has 4 N–H and O–H groups in total. The average molecular weight is 712 g/mol. The van der Waals surface area contributed by atoms with Gasteiger partial charge < -0.3 is 35.6 Å². The maximum absolute atomic E-state index is 14.2. The Balaban J connectivity index is 1.97. The summed E-state index contributed by atoms with van der Waals surface area (Å²) in [6.07, 6.45) is 0.392. The van der Waals surface area contributed by atoms with Gasteiger partial charge in [0.05, 0.1) is 0 Å². The van der Waals surface area contributed by atoms with E-state index >= 15 is 0 Å². The minimum atomic E-state index is -1.19. The lowest BCUT2D eigenvalue weighted by Gasteiger charge is -2.33. The number of amides is 5. The van der Waals surface area contributed by atoms with Crippen molar-refractivity contribution in [2.45, 2.75) is 109 Å². The van der Waals surface area contributed by atoms with Gasteiger partial charge in [0.1, 0.15) is 35.3 Å². The number of benzene rings is 2. The first-order valence-corrected chi connectivity index (χ1v) is 17.4. The molecule has 0 aromatic heterocycles. The second-order valence-corrected chi connectivity index (χ2v) is 15.2. The molecule has 12 nitrogen and oxygen atoms in total. The average Bonchev–Trinajstić information content (AvgIpc) is 3.03. The SMILES string of the molecule is CN1CCC[C@H](N(C)C(=O)[C@H](Cc2ccc(F)cc2)NC(=O)OC(C)(C)C)C(=O)NC(Cc2ccc(O)c(C(C)(C)C)c2)C(=O)NCCCC1=O. The van der Waals surface area contributed by atoms with E-state index in [4.69, 9.17) is 4.74 Å². The maximum atomic E-state index is 14.2. The molecule has 1 heterocycles. The van der Waals surface area contributed by atoms with E-state index < -0.39 is 53.4 Å². The molecule has 1 aliphatic rings. The Morgan fingerprint density at radius 3 is 2.29 bits per heavy atom. The number of carbonyl (C=O) groups is 5.